The average Bonchev–Trinajstić information content (AvgIpc) is 1.64. The molecule has 10 aromatic rings. The number of hydrogen-bond acceptors (Lipinski definition) is 14. The number of halogens is 1. The Bertz CT molecular complexity index is 5420. The highest BCUT2D eigenvalue weighted by Crippen LogP contribution is 2.37. The van der Waals surface area contributed by atoms with E-state index >= 15 is 0 Å². The van der Waals surface area contributed by atoms with Crippen molar-refractivity contribution in [3.63, 3.8) is 0 Å². The van der Waals surface area contributed by atoms with Gasteiger partial charge in [-0.2, -0.15) is 0 Å². The number of carbonyl (C=O) groups is 6. The second kappa shape index (κ2) is 54.6. The van der Waals surface area contributed by atoms with E-state index in [9.17, 15) is 39.0 Å². The fourth-order valence-electron chi connectivity index (χ4n) is 16.2. The molecular formula is C116H144BrN3O15. The van der Waals surface area contributed by atoms with Crippen LogP contribution in [0.25, 0.3) is 11.1 Å². The minimum atomic E-state index is -0.790. The van der Waals surface area contributed by atoms with Crippen LogP contribution >= 0.6 is 15.9 Å². The van der Waals surface area contributed by atoms with E-state index in [2.05, 4.69) is 96.7 Å². The van der Waals surface area contributed by atoms with E-state index < -0.39 is 16.8 Å². The van der Waals surface area contributed by atoms with E-state index in [0.29, 0.717) is 56.0 Å². The first-order chi connectivity index (χ1) is 64.5. The number of aliphatic carboxylic acids is 1. The normalized spacial score (nSPS) is 12.4. The average molecular weight is 1900 g/mol. The number of alkyl halides is 1. The van der Waals surface area contributed by atoms with E-state index in [1.807, 2.05) is 229 Å². The molecule has 2 aliphatic carbocycles. The summed E-state index contributed by atoms with van der Waals surface area (Å²) in [5.74, 6) is -0.0596. The molecule has 2 aliphatic rings. The van der Waals surface area contributed by atoms with E-state index in [1.54, 1.807) is 27.8 Å². The lowest BCUT2D eigenvalue weighted by atomic mass is 9.86. The highest BCUT2D eigenvalue weighted by atomic mass is 79.9. The number of phenols is 2. The first-order valence-corrected chi connectivity index (χ1v) is 48.7. The standard InChI is InChI=1S/C38H47NO4.C30H41NO5.C28H31NO3.C11H16O.C9H9BrO2/c1-27(2)33-24-34(28(3)23-35(33)42-26-31-13-8-7-9-14-31)36(40)39(6)25-30-20-18-29(19-21-30)15-12-22-38(4,5)37(41)43-32-16-10-11-17-32;1-20(2)24-17-25(27(33)18-26(24)32)28(34)31(5)19-22-14-12-21(13-15-22)9-8-16-30(3,4)29(35)36-23-10-6-7-11-23;1-20(2)25-17-26(21(3)16-27(25)32-19-24-8-6-5-7-9-24)28(31)29(4)18-23-12-10-22(11-13-23)14-15-30;1-2-3-10-4-6-11(7-5-10)8-9-12;10-6-8-3-1-7(2-4-8)5-9(11)12/h7-9,13-14,18-21,23-24,32H,1,10-12,15-17,22,25-26H2,2-6H3;12-15,17-18,20,23,32-33H,6-11,16,19H2,1-5H3;5-13,16-17,30H,1,14-15,18-19H2,2-4H3;4-7,12H,2-3,8-9H2,1H3;1-4H,5-6H2,(H,11,12). The number of allylic oxidation sites excluding steroid dienone is 2. The third kappa shape index (κ3) is 35.4. The van der Waals surface area contributed by atoms with Gasteiger partial charge in [-0.3, -0.25) is 28.8 Å². The van der Waals surface area contributed by atoms with Crippen LogP contribution in [0.5, 0.6) is 23.0 Å². The largest absolute Gasteiger partial charge is 0.508 e. The van der Waals surface area contributed by atoms with Crippen LogP contribution in [-0.2, 0) is 101 Å². The minimum absolute atomic E-state index is 0.00798. The SMILES string of the molecule is C=C(C)c1cc(C(=O)N(C)Cc2ccc(CCCC(C)(C)C(=O)OC3CCCC3)cc2)c(C)cc1OCc1ccccc1.C=C(C)c1cc(C(=O)N(C)Cc2ccc(CCO)cc2)c(C)cc1OCc1ccccc1.CC(C)c1cc(C(=O)N(C)Cc2ccc(CCCC(C)(C)C(=O)OC3CCCC3)cc2)c(O)cc1O.CCCc1ccc(CCO)cc1.O=C(O)Cc1ccc(CBr)cc1. The van der Waals surface area contributed by atoms with Crippen LogP contribution < -0.4 is 9.47 Å². The summed E-state index contributed by atoms with van der Waals surface area (Å²) in [7, 11) is 5.34. The number of aliphatic hydroxyl groups is 2. The Morgan fingerprint density at radius 1 is 0.422 bits per heavy atom. The first-order valence-electron chi connectivity index (χ1n) is 47.6. The second-order valence-electron chi connectivity index (χ2n) is 37.6. The number of aryl methyl sites for hydroxylation is 5. The smallest absolute Gasteiger partial charge is 0.311 e. The predicted octanol–water partition coefficient (Wildman–Crippen LogP) is 24.8. The maximum absolute atomic E-state index is 13.5. The molecule has 19 heteroatoms. The summed E-state index contributed by atoms with van der Waals surface area (Å²) in [6.07, 6.45) is 17.8. The number of nitrogens with zero attached hydrogens (tertiary/aromatic N) is 3. The third-order valence-electron chi connectivity index (χ3n) is 24.6. The molecule has 0 atom stereocenters. The van der Waals surface area contributed by atoms with E-state index in [4.69, 9.17) is 34.3 Å². The number of aliphatic hydroxyl groups excluding tert-OH is 2. The Hall–Kier alpha value is -11.9. The zero-order chi connectivity index (χ0) is 98.3. The first kappa shape index (κ1) is 108. The lowest BCUT2D eigenvalue weighted by Crippen LogP contribution is -2.30. The molecule has 2 fully saturated rings. The van der Waals surface area contributed by atoms with Gasteiger partial charge in [-0.15, -0.1) is 0 Å². The molecule has 0 unspecified atom stereocenters. The van der Waals surface area contributed by atoms with Crippen molar-refractivity contribution in [2.75, 3.05) is 34.4 Å². The van der Waals surface area contributed by atoms with Crippen LogP contribution in [0.3, 0.4) is 0 Å². The molecule has 2 saturated carbocycles. The molecule has 0 aromatic heterocycles. The van der Waals surface area contributed by atoms with Crippen LogP contribution in [0.1, 0.15) is 277 Å². The molecule has 0 bridgehead atoms. The van der Waals surface area contributed by atoms with Crippen molar-refractivity contribution in [2.45, 2.75) is 254 Å². The number of aromatic hydroxyl groups is 2. The maximum Gasteiger partial charge on any atom is 0.311 e. The fourth-order valence-corrected chi connectivity index (χ4v) is 16.5. The highest BCUT2D eigenvalue weighted by Gasteiger charge is 2.34. The number of benzene rings is 10. The van der Waals surface area contributed by atoms with Gasteiger partial charge in [0.1, 0.15) is 48.4 Å². The van der Waals surface area contributed by atoms with Crippen LogP contribution in [0.15, 0.2) is 232 Å². The van der Waals surface area contributed by atoms with E-state index in [-0.39, 0.29) is 84.5 Å². The molecule has 135 heavy (non-hydrogen) atoms. The van der Waals surface area contributed by atoms with Crippen molar-refractivity contribution in [2.24, 2.45) is 10.8 Å². The molecule has 3 amide bonds. The lowest BCUT2D eigenvalue weighted by Gasteiger charge is -2.25. The summed E-state index contributed by atoms with van der Waals surface area (Å²) in [6.45, 7) is 32.6. The number of ether oxygens (including phenoxy) is 4. The van der Waals surface area contributed by atoms with Crippen LogP contribution in [0.4, 0.5) is 0 Å². The molecule has 12 rings (SSSR count). The molecule has 0 saturated heterocycles. The molecule has 0 spiro atoms. The van der Waals surface area contributed by atoms with Gasteiger partial charge in [0, 0.05) is 87.6 Å². The Balaban J connectivity index is 0.000000222. The van der Waals surface area contributed by atoms with Gasteiger partial charge < -0.3 is 59.2 Å². The number of amides is 3. The molecule has 0 aliphatic heterocycles. The summed E-state index contributed by atoms with van der Waals surface area (Å²) < 4.78 is 23.7. The van der Waals surface area contributed by atoms with Crippen molar-refractivity contribution in [3.8, 4) is 23.0 Å². The number of carboxylic acid groups (broad SMARTS) is 1. The topological polar surface area (TPSA) is 250 Å². The molecular weight excluding hydrogens is 1760 g/mol. The summed E-state index contributed by atoms with van der Waals surface area (Å²) in [5.41, 5.74) is 19.7. The quantitative estimate of drug-likeness (QED) is 0.0177. The molecule has 5 N–H and O–H groups in total. The zero-order valence-corrected chi connectivity index (χ0v) is 83.6. The van der Waals surface area contributed by atoms with Gasteiger partial charge in [0.15, 0.2) is 0 Å². The van der Waals surface area contributed by atoms with Crippen molar-refractivity contribution in [3.05, 3.63) is 343 Å². The van der Waals surface area contributed by atoms with Crippen molar-refractivity contribution in [1.29, 1.82) is 0 Å². The molecule has 720 valence electrons. The molecule has 10 aromatic carbocycles. The Morgan fingerprint density at radius 2 is 0.748 bits per heavy atom. The zero-order valence-electron chi connectivity index (χ0n) is 82.1. The highest BCUT2D eigenvalue weighted by molar-refractivity contribution is 9.08. The molecule has 0 radical (unpaired) electrons. The summed E-state index contributed by atoms with van der Waals surface area (Å²) >= 11 is 3.32. The van der Waals surface area contributed by atoms with E-state index in [1.165, 1.54) is 34.7 Å². The summed E-state index contributed by atoms with van der Waals surface area (Å²) in [6, 6.07) is 71.1. The van der Waals surface area contributed by atoms with Crippen molar-refractivity contribution in [1.82, 2.24) is 14.7 Å². The van der Waals surface area contributed by atoms with Gasteiger partial charge in [0.2, 0.25) is 0 Å². The Labute approximate surface area is 811 Å². The Morgan fingerprint density at radius 3 is 1.07 bits per heavy atom. The molecule has 0 heterocycles. The van der Waals surface area contributed by atoms with Crippen LogP contribution in [0.2, 0.25) is 0 Å². The van der Waals surface area contributed by atoms with Gasteiger partial charge in [-0.05, 0) is 295 Å². The monoisotopic (exact) mass is 1900 g/mol. The fraction of sp³-hybridized carbons (Fsp3) is 0.397. The van der Waals surface area contributed by atoms with Gasteiger partial charge in [-0.25, -0.2) is 0 Å². The van der Waals surface area contributed by atoms with Crippen molar-refractivity contribution >= 4 is 62.7 Å². The van der Waals surface area contributed by atoms with E-state index in [0.717, 1.165) is 197 Å². The second-order valence-corrected chi connectivity index (χ2v) is 38.1. The number of hydrogen-bond donors (Lipinski definition) is 5. The lowest BCUT2D eigenvalue weighted by molar-refractivity contribution is -0.160. The minimum Gasteiger partial charge on any atom is -0.508 e. The summed E-state index contributed by atoms with van der Waals surface area (Å²) in [5, 5.41) is 47.3. The van der Waals surface area contributed by atoms with Gasteiger partial charge >= 0.3 is 17.9 Å². The van der Waals surface area contributed by atoms with Crippen LogP contribution in [-0.4, -0.2) is 122 Å². The van der Waals surface area contributed by atoms with Gasteiger partial charge in [0.25, 0.3) is 17.7 Å². The maximum atomic E-state index is 13.5. The number of carboxylic acids is 1. The Kier molecular flexibility index (Phi) is 43.8. The third-order valence-corrected chi connectivity index (χ3v) is 25.2. The number of phenolic OH excluding ortho intramolecular Hbond substituents is 2. The van der Waals surface area contributed by atoms with Crippen molar-refractivity contribution < 1.29 is 73.2 Å². The van der Waals surface area contributed by atoms with Gasteiger partial charge in [-0.1, -0.05) is 238 Å². The number of carbonyl (C=O) groups excluding carboxylic acids is 5. The van der Waals surface area contributed by atoms with Crippen LogP contribution in [0, 0.1) is 24.7 Å². The molecule has 18 nitrogen and oxygen atoms in total. The van der Waals surface area contributed by atoms with Gasteiger partial charge in [0.05, 0.1) is 22.8 Å². The summed E-state index contributed by atoms with van der Waals surface area (Å²) in [4.78, 5) is 80.3. The number of rotatable bonds is 39. The predicted molar refractivity (Wildman–Crippen MR) is 546 cm³/mol. The number of esters is 2.